The average molecular weight is 640 g/mol. The minimum Gasteiger partial charge on any atom is -0.334 e. The van der Waals surface area contributed by atoms with Crippen molar-refractivity contribution in [2.45, 2.75) is 60.3 Å². The highest BCUT2D eigenvalue weighted by Gasteiger charge is 2.41. The van der Waals surface area contributed by atoms with E-state index in [4.69, 9.17) is 5.73 Å². The van der Waals surface area contributed by atoms with E-state index in [0.717, 1.165) is 42.5 Å². The predicted octanol–water partition coefficient (Wildman–Crippen LogP) is 6.23. The molecule has 0 bridgehead atoms. The predicted molar refractivity (Wildman–Crippen MR) is 146 cm³/mol. The van der Waals surface area contributed by atoms with E-state index < -0.39 is 29.1 Å². The summed E-state index contributed by atoms with van der Waals surface area (Å²) in [6, 6.07) is 13.7. The molecule has 0 unspecified atom stereocenters. The molecular weight excluding hydrogens is 611 g/mol. The van der Waals surface area contributed by atoms with Gasteiger partial charge in [-0.1, -0.05) is 71.8 Å². The van der Waals surface area contributed by atoms with Crippen LogP contribution in [-0.2, 0) is 22.6 Å². The van der Waals surface area contributed by atoms with Crippen LogP contribution in [0.2, 0.25) is 0 Å². The first-order chi connectivity index (χ1) is 18.1. The van der Waals surface area contributed by atoms with Crippen LogP contribution in [0.25, 0.3) is 0 Å². The number of carbonyl (C=O) groups is 1. The van der Waals surface area contributed by atoms with Crippen LogP contribution in [0.3, 0.4) is 0 Å². The lowest BCUT2D eigenvalue weighted by atomic mass is 9.79. The van der Waals surface area contributed by atoms with Crippen molar-refractivity contribution in [2.75, 3.05) is 0 Å². The first-order valence-electron chi connectivity index (χ1n) is 12.4. The molecule has 38 heavy (non-hydrogen) atoms. The average Bonchev–Trinajstić information content (AvgIpc) is 2.89. The maximum absolute atomic E-state index is 14.8. The number of urea groups is 1. The van der Waals surface area contributed by atoms with Gasteiger partial charge in [-0.3, -0.25) is 4.98 Å². The Labute approximate surface area is 232 Å². The number of rotatable bonds is 7. The van der Waals surface area contributed by atoms with Gasteiger partial charge < -0.3 is 16.4 Å². The number of halogens is 5. The van der Waals surface area contributed by atoms with Crippen molar-refractivity contribution in [3.05, 3.63) is 101 Å². The standard InChI is InChI=1S/C28H29F4IN4O/c29-22-13-20(12-21(14-22)28(30,31)32)27(15-18-6-2-1-3-7-18,25-11-10-19(16-33)17-35-25)37-26(38)36-24-9-5-4-8-23(24)34/h1-3,6-7,10-14,17,23-24H,4-5,8-9,15-16,34H2,(H2,36,37,38)/t23-,24+,27-/m0/s1. The van der Waals surface area contributed by atoms with Gasteiger partial charge >= 0.3 is 12.2 Å². The van der Waals surface area contributed by atoms with Crippen molar-refractivity contribution in [3.63, 3.8) is 0 Å². The number of nitrogens with one attached hydrogen (secondary N) is 2. The molecule has 1 aliphatic carbocycles. The summed E-state index contributed by atoms with van der Waals surface area (Å²) in [6.45, 7) is 0. The van der Waals surface area contributed by atoms with E-state index in [1.54, 1.807) is 42.6 Å². The normalized spacial score (nSPS) is 19.4. The Morgan fingerprint density at radius 3 is 2.34 bits per heavy atom. The largest absolute Gasteiger partial charge is 0.416 e. The molecule has 1 fully saturated rings. The molecule has 0 spiro atoms. The molecule has 5 nitrogen and oxygen atoms in total. The van der Waals surface area contributed by atoms with E-state index in [-0.39, 0.29) is 29.8 Å². The van der Waals surface area contributed by atoms with Crippen molar-refractivity contribution in [1.82, 2.24) is 15.6 Å². The van der Waals surface area contributed by atoms with E-state index in [1.807, 2.05) is 6.07 Å². The summed E-state index contributed by atoms with van der Waals surface area (Å²) in [5.74, 6) is -1.06. The number of aromatic nitrogens is 1. The van der Waals surface area contributed by atoms with Crippen LogP contribution in [0.1, 0.15) is 53.6 Å². The fourth-order valence-electron chi connectivity index (χ4n) is 4.92. The van der Waals surface area contributed by atoms with Crippen molar-refractivity contribution >= 4 is 28.6 Å². The quantitative estimate of drug-likeness (QED) is 0.163. The maximum atomic E-state index is 14.8. The zero-order valence-corrected chi connectivity index (χ0v) is 22.7. The third kappa shape index (κ3) is 6.63. The lowest BCUT2D eigenvalue weighted by molar-refractivity contribution is -0.137. The molecule has 3 aromatic rings. The van der Waals surface area contributed by atoms with Crippen molar-refractivity contribution in [3.8, 4) is 0 Å². The number of hydrogen-bond acceptors (Lipinski definition) is 3. The number of pyridine rings is 1. The Balaban J connectivity index is 1.87. The number of amides is 2. The van der Waals surface area contributed by atoms with Gasteiger partial charge in [0.05, 0.1) is 11.3 Å². The molecule has 4 N–H and O–H groups in total. The third-order valence-corrected chi connectivity index (χ3v) is 7.79. The Bertz CT molecular complexity index is 1240. The van der Waals surface area contributed by atoms with Gasteiger partial charge in [-0.25, -0.2) is 9.18 Å². The van der Waals surface area contributed by atoms with E-state index in [9.17, 15) is 22.4 Å². The molecule has 202 valence electrons. The van der Waals surface area contributed by atoms with Gasteiger partial charge in [0.2, 0.25) is 0 Å². The number of benzene rings is 2. The topological polar surface area (TPSA) is 80.0 Å². The SMILES string of the molecule is N[C@H]1CCCC[C@H]1NC(=O)N[C@@](Cc1ccccc1)(c1cc(F)cc(C(F)(F)F)c1)c1ccc(CI)cn1. The first-order valence-corrected chi connectivity index (χ1v) is 13.9. The Hall–Kier alpha value is -2.73. The summed E-state index contributed by atoms with van der Waals surface area (Å²) in [5.41, 5.74) is 5.31. The van der Waals surface area contributed by atoms with Gasteiger partial charge in [0, 0.05) is 29.1 Å². The summed E-state index contributed by atoms with van der Waals surface area (Å²) in [5, 5.41) is 5.83. The van der Waals surface area contributed by atoms with Gasteiger partial charge in [0.15, 0.2) is 0 Å². The van der Waals surface area contributed by atoms with Crippen LogP contribution in [0, 0.1) is 5.82 Å². The summed E-state index contributed by atoms with van der Waals surface area (Å²) in [6.07, 6.45) is 0.198. The molecule has 0 saturated heterocycles. The Kier molecular flexibility index (Phi) is 8.92. The summed E-state index contributed by atoms with van der Waals surface area (Å²) in [4.78, 5) is 18.0. The molecular formula is C28H29F4IN4O. The molecule has 10 heteroatoms. The molecule has 1 heterocycles. The van der Waals surface area contributed by atoms with Crippen LogP contribution in [0.15, 0.2) is 66.9 Å². The second-order valence-corrected chi connectivity index (χ2v) is 10.4. The summed E-state index contributed by atoms with van der Waals surface area (Å²) < 4.78 is 56.8. The highest BCUT2D eigenvalue weighted by Crippen LogP contribution is 2.38. The van der Waals surface area contributed by atoms with Crippen LogP contribution in [0.5, 0.6) is 0 Å². The molecule has 3 atom stereocenters. The number of nitrogens with zero attached hydrogens (tertiary/aromatic N) is 1. The highest BCUT2D eigenvalue weighted by molar-refractivity contribution is 14.1. The fraction of sp³-hybridized carbons (Fsp3) is 0.357. The van der Waals surface area contributed by atoms with Gasteiger partial charge in [0.1, 0.15) is 11.4 Å². The fourth-order valence-corrected chi connectivity index (χ4v) is 5.37. The number of alkyl halides is 4. The Morgan fingerprint density at radius 2 is 1.71 bits per heavy atom. The lowest BCUT2D eigenvalue weighted by Gasteiger charge is -2.37. The van der Waals surface area contributed by atoms with Crippen molar-refractivity contribution < 1.29 is 22.4 Å². The molecule has 2 amide bonds. The van der Waals surface area contributed by atoms with Crippen LogP contribution in [-0.4, -0.2) is 23.1 Å². The van der Waals surface area contributed by atoms with Crippen molar-refractivity contribution in [2.24, 2.45) is 5.73 Å². The zero-order chi connectivity index (χ0) is 27.3. The van der Waals surface area contributed by atoms with Gasteiger partial charge in [-0.05, 0) is 53.8 Å². The minimum absolute atomic E-state index is 0.0370. The lowest BCUT2D eigenvalue weighted by Crippen LogP contribution is -2.57. The summed E-state index contributed by atoms with van der Waals surface area (Å²) >= 11 is 2.18. The van der Waals surface area contributed by atoms with Crippen LogP contribution >= 0.6 is 22.6 Å². The van der Waals surface area contributed by atoms with Gasteiger partial charge in [-0.15, -0.1) is 0 Å². The van der Waals surface area contributed by atoms with E-state index in [0.29, 0.717) is 16.9 Å². The van der Waals surface area contributed by atoms with E-state index in [1.165, 1.54) is 0 Å². The third-order valence-electron chi connectivity index (χ3n) is 6.91. The van der Waals surface area contributed by atoms with Gasteiger partial charge in [0.25, 0.3) is 0 Å². The number of hydrogen-bond donors (Lipinski definition) is 3. The number of carbonyl (C=O) groups excluding carboxylic acids is 1. The highest BCUT2D eigenvalue weighted by atomic mass is 127. The Morgan fingerprint density at radius 1 is 1.00 bits per heavy atom. The monoisotopic (exact) mass is 640 g/mol. The molecule has 2 aromatic carbocycles. The van der Waals surface area contributed by atoms with Crippen LogP contribution < -0.4 is 16.4 Å². The molecule has 1 saturated carbocycles. The smallest absolute Gasteiger partial charge is 0.334 e. The summed E-state index contributed by atoms with van der Waals surface area (Å²) in [7, 11) is 0. The van der Waals surface area contributed by atoms with Crippen LogP contribution in [0.4, 0.5) is 22.4 Å². The number of nitrogens with two attached hydrogens (primary N) is 1. The minimum atomic E-state index is -4.79. The second kappa shape index (κ2) is 12.0. The maximum Gasteiger partial charge on any atom is 0.416 e. The van der Waals surface area contributed by atoms with E-state index >= 15 is 0 Å². The molecule has 1 aliphatic rings. The van der Waals surface area contributed by atoms with Crippen molar-refractivity contribution in [1.29, 1.82) is 0 Å². The molecule has 0 aliphatic heterocycles. The molecule has 0 radical (unpaired) electrons. The van der Waals surface area contributed by atoms with Gasteiger partial charge in [-0.2, -0.15) is 13.2 Å². The first kappa shape index (κ1) is 28.3. The molecule has 1 aromatic heterocycles. The van der Waals surface area contributed by atoms with E-state index in [2.05, 4.69) is 38.2 Å². The molecule has 4 rings (SSSR count). The zero-order valence-electron chi connectivity index (χ0n) is 20.6. The second-order valence-electron chi connectivity index (χ2n) is 9.63.